The molecule has 0 bridgehead atoms. The Hall–Kier alpha value is -0.820. The first kappa shape index (κ1) is 12.2. The second kappa shape index (κ2) is 5.05. The Morgan fingerprint density at radius 2 is 1.78 bits per heavy atom. The van der Waals surface area contributed by atoms with E-state index in [1.165, 1.54) is 38.6 Å². The molecule has 1 heteroatoms. The van der Waals surface area contributed by atoms with Gasteiger partial charge in [-0.05, 0) is 68.8 Å². The van der Waals surface area contributed by atoms with E-state index in [4.69, 9.17) is 0 Å². The normalized spacial score (nSPS) is 30.3. The van der Waals surface area contributed by atoms with E-state index < -0.39 is 0 Å². The maximum Gasteiger partial charge on any atom is -0.00189 e. The van der Waals surface area contributed by atoms with Crippen LogP contribution in [-0.2, 0) is 0 Å². The fourth-order valence-electron chi connectivity index (χ4n) is 4.21. The summed E-state index contributed by atoms with van der Waals surface area (Å²) in [5, 5.41) is 0. The molecule has 18 heavy (non-hydrogen) atoms. The van der Waals surface area contributed by atoms with Crippen LogP contribution in [0.4, 0.5) is 0 Å². The van der Waals surface area contributed by atoms with E-state index in [0.29, 0.717) is 0 Å². The first-order valence-electron chi connectivity index (χ1n) is 7.51. The Bertz CT molecular complexity index is 410. The molecule has 1 aromatic rings. The molecule has 0 heterocycles. The lowest BCUT2D eigenvalue weighted by molar-refractivity contribution is 0.264. The molecule has 98 valence electrons. The third kappa shape index (κ3) is 2.09. The first-order chi connectivity index (χ1) is 8.77. The highest BCUT2D eigenvalue weighted by Gasteiger charge is 2.40. The van der Waals surface area contributed by atoms with Crippen LogP contribution in [0.3, 0.4) is 0 Å². The van der Waals surface area contributed by atoms with Crippen LogP contribution in [0.2, 0.25) is 0 Å². The molecular formula is C17H25N. The smallest absolute Gasteiger partial charge is 0.00189 e. The SMILES string of the molecule is CN(C)CCC1c2ccccc2C2CCCCC21. The van der Waals surface area contributed by atoms with Gasteiger partial charge in [-0.25, -0.2) is 0 Å². The minimum atomic E-state index is 0.828. The summed E-state index contributed by atoms with van der Waals surface area (Å²) < 4.78 is 0. The topological polar surface area (TPSA) is 3.24 Å². The van der Waals surface area contributed by atoms with Gasteiger partial charge in [0, 0.05) is 0 Å². The molecule has 0 aromatic heterocycles. The average Bonchev–Trinajstić information content (AvgIpc) is 2.71. The summed E-state index contributed by atoms with van der Waals surface area (Å²) >= 11 is 0. The Balaban J connectivity index is 1.87. The van der Waals surface area contributed by atoms with Crippen LogP contribution in [0.15, 0.2) is 24.3 Å². The molecule has 3 unspecified atom stereocenters. The Labute approximate surface area is 111 Å². The number of nitrogens with zero attached hydrogens (tertiary/aromatic N) is 1. The van der Waals surface area contributed by atoms with Gasteiger partial charge >= 0.3 is 0 Å². The zero-order valence-corrected chi connectivity index (χ0v) is 11.7. The molecule has 3 atom stereocenters. The number of fused-ring (bicyclic) bond motifs is 3. The summed E-state index contributed by atoms with van der Waals surface area (Å²) in [6.45, 7) is 1.22. The molecule has 0 radical (unpaired) electrons. The van der Waals surface area contributed by atoms with Crippen LogP contribution < -0.4 is 0 Å². The van der Waals surface area contributed by atoms with Gasteiger partial charge in [-0.2, -0.15) is 0 Å². The Kier molecular flexibility index (Phi) is 3.43. The fourth-order valence-corrected chi connectivity index (χ4v) is 4.21. The molecule has 0 aliphatic heterocycles. The zero-order chi connectivity index (χ0) is 12.5. The summed E-state index contributed by atoms with van der Waals surface area (Å²) in [6, 6.07) is 9.26. The number of rotatable bonds is 3. The number of benzene rings is 1. The average molecular weight is 243 g/mol. The maximum atomic E-state index is 2.40. The highest BCUT2D eigenvalue weighted by atomic mass is 15.0. The van der Waals surface area contributed by atoms with Crippen LogP contribution in [0.5, 0.6) is 0 Å². The van der Waals surface area contributed by atoms with Crippen molar-refractivity contribution in [2.24, 2.45) is 5.92 Å². The van der Waals surface area contributed by atoms with E-state index in [9.17, 15) is 0 Å². The molecule has 0 spiro atoms. The van der Waals surface area contributed by atoms with E-state index >= 15 is 0 Å². The summed E-state index contributed by atoms with van der Waals surface area (Å²) in [5.74, 6) is 2.65. The van der Waals surface area contributed by atoms with Crippen LogP contribution in [0.25, 0.3) is 0 Å². The summed E-state index contributed by atoms with van der Waals surface area (Å²) in [6.07, 6.45) is 7.12. The molecule has 2 aliphatic carbocycles. The Morgan fingerprint density at radius 1 is 1.06 bits per heavy atom. The zero-order valence-electron chi connectivity index (χ0n) is 11.7. The van der Waals surface area contributed by atoms with Crippen LogP contribution in [0.1, 0.15) is 55.1 Å². The van der Waals surface area contributed by atoms with E-state index in [2.05, 4.69) is 43.3 Å². The van der Waals surface area contributed by atoms with E-state index in [1.54, 1.807) is 11.1 Å². The van der Waals surface area contributed by atoms with Crippen molar-refractivity contribution in [2.75, 3.05) is 20.6 Å². The van der Waals surface area contributed by atoms with Gasteiger partial charge in [0.05, 0.1) is 0 Å². The molecule has 0 saturated heterocycles. The van der Waals surface area contributed by atoms with Gasteiger partial charge in [-0.3, -0.25) is 0 Å². The molecule has 0 N–H and O–H groups in total. The molecule has 1 nitrogen and oxygen atoms in total. The third-order valence-electron chi connectivity index (χ3n) is 5.02. The van der Waals surface area contributed by atoms with Gasteiger partial charge in [0.1, 0.15) is 0 Å². The fraction of sp³-hybridized carbons (Fsp3) is 0.647. The largest absolute Gasteiger partial charge is 0.309 e. The number of hydrogen-bond donors (Lipinski definition) is 0. The molecular weight excluding hydrogens is 218 g/mol. The van der Waals surface area contributed by atoms with Gasteiger partial charge in [0.15, 0.2) is 0 Å². The minimum absolute atomic E-state index is 0.828. The highest BCUT2D eigenvalue weighted by molar-refractivity contribution is 5.40. The molecule has 1 aromatic carbocycles. The van der Waals surface area contributed by atoms with Crippen LogP contribution in [0, 0.1) is 5.92 Å². The van der Waals surface area contributed by atoms with Gasteiger partial charge in [0.25, 0.3) is 0 Å². The van der Waals surface area contributed by atoms with Crippen molar-refractivity contribution >= 4 is 0 Å². The predicted octanol–water partition coefficient (Wildman–Crippen LogP) is 4.01. The van der Waals surface area contributed by atoms with Crippen molar-refractivity contribution in [1.29, 1.82) is 0 Å². The molecule has 3 rings (SSSR count). The lowest BCUT2D eigenvalue weighted by Crippen LogP contribution is -2.21. The van der Waals surface area contributed by atoms with Gasteiger partial charge < -0.3 is 4.90 Å². The molecule has 0 amide bonds. The number of hydrogen-bond acceptors (Lipinski definition) is 1. The van der Waals surface area contributed by atoms with Gasteiger partial charge in [-0.1, -0.05) is 37.1 Å². The lowest BCUT2D eigenvalue weighted by Gasteiger charge is -2.30. The van der Waals surface area contributed by atoms with Gasteiger partial charge in [0.2, 0.25) is 0 Å². The Morgan fingerprint density at radius 3 is 2.56 bits per heavy atom. The van der Waals surface area contributed by atoms with E-state index in [1.807, 2.05) is 0 Å². The maximum absolute atomic E-state index is 2.40. The van der Waals surface area contributed by atoms with E-state index in [-0.39, 0.29) is 0 Å². The van der Waals surface area contributed by atoms with Crippen LogP contribution >= 0.6 is 0 Å². The van der Waals surface area contributed by atoms with Crippen molar-refractivity contribution in [3.8, 4) is 0 Å². The lowest BCUT2D eigenvalue weighted by atomic mass is 9.75. The summed E-state index contributed by atoms with van der Waals surface area (Å²) in [5.41, 5.74) is 3.36. The van der Waals surface area contributed by atoms with Crippen molar-refractivity contribution in [2.45, 2.75) is 43.9 Å². The monoisotopic (exact) mass is 243 g/mol. The first-order valence-corrected chi connectivity index (χ1v) is 7.51. The van der Waals surface area contributed by atoms with Crippen molar-refractivity contribution in [3.05, 3.63) is 35.4 Å². The summed E-state index contributed by atoms with van der Waals surface area (Å²) in [4.78, 5) is 2.33. The quantitative estimate of drug-likeness (QED) is 0.775. The van der Waals surface area contributed by atoms with Crippen molar-refractivity contribution < 1.29 is 0 Å². The standard InChI is InChI=1S/C17H25N/c1-18(2)12-11-17-15-9-5-3-7-13(15)14-8-4-6-10-16(14)17/h3,5,7,9,14,16-17H,4,6,8,10-12H2,1-2H3. The summed E-state index contributed by atoms with van der Waals surface area (Å²) in [7, 11) is 4.39. The second-order valence-electron chi connectivity index (χ2n) is 6.38. The second-order valence-corrected chi connectivity index (χ2v) is 6.38. The van der Waals surface area contributed by atoms with Crippen molar-refractivity contribution in [3.63, 3.8) is 0 Å². The van der Waals surface area contributed by atoms with Crippen LogP contribution in [-0.4, -0.2) is 25.5 Å². The highest BCUT2D eigenvalue weighted by Crippen LogP contribution is 2.54. The molecule has 1 saturated carbocycles. The minimum Gasteiger partial charge on any atom is -0.309 e. The van der Waals surface area contributed by atoms with Crippen molar-refractivity contribution in [1.82, 2.24) is 4.90 Å². The van der Waals surface area contributed by atoms with E-state index in [0.717, 1.165) is 17.8 Å². The van der Waals surface area contributed by atoms with Gasteiger partial charge in [-0.15, -0.1) is 0 Å². The molecule has 2 aliphatic rings. The molecule has 1 fully saturated rings. The third-order valence-corrected chi connectivity index (χ3v) is 5.02. The predicted molar refractivity (Wildman–Crippen MR) is 77.1 cm³/mol.